The molecule has 8 nitrogen and oxygen atoms in total. The monoisotopic (exact) mass is 478 g/mol. The van der Waals surface area contributed by atoms with Crippen LogP contribution in [0.4, 0.5) is 10.1 Å². The molecule has 2 N–H and O–H groups in total. The molecule has 1 fully saturated rings. The molecule has 0 radical (unpaired) electrons. The van der Waals surface area contributed by atoms with Gasteiger partial charge in [0, 0.05) is 13.1 Å². The van der Waals surface area contributed by atoms with Crippen LogP contribution in [0.15, 0.2) is 47.4 Å². The largest absolute Gasteiger partial charge is 0.506 e. The summed E-state index contributed by atoms with van der Waals surface area (Å²) in [7, 11) is -3.73. The number of aryl methyl sites for hydroxylation is 1. The number of phenols is 1. The van der Waals surface area contributed by atoms with Crippen LogP contribution in [0.5, 0.6) is 5.75 Å². The molecular weight excluding hydrogens is 459 g/mol. The summed E-state index contributed by atoms with van der Waals surface area (Å²) in [4.78, 5) is 12.9. The molecule has 1 aromatic heterocycles. The van der Waals surface area contributed by atoms with Crippen LogP contribution in [0, 0.1) is 12.7 Å². The maximum absolute atomic E-state index is 13.2. The van der Waals surface area contributed by atoms with Crippen LogP contribution < -0.4 is 5.32 Å². The lowest BCUT2D eigenvalue weighted by molar-refractivity contribution is 0.102. The zero-order valence-corrected chi connectivity index (χ0v) is 18.6. The van der Waals surface area contributed by atoms with Crippen molar-refractivity contribution in [1.29, 1.82) is 0 Å². The second-order valence-corrected chi connectivity index (χ2v) is 9.68. The normalized spacial score (nSPS) is 14.6. The molecule has 0 aliphatic carbocycles. The zero-order chi connectivity index (χ0) is 23.0. The second-order valence-electron chi connectivity index (χ2n) is 7.38. The Morgan fingerprint density at radius 3 is 2.47 bits per heavy atom. The van der Waals surface area contributed by atoms with E-state index in [9.17, 15) is 22.7 Å². The molecule has 4 rings (SSSR count). The highest BCUT2D eigenvalue weighted by atomic mass is 35.5. The number of rotatable bonds is 5. The number of benzene rings is 2. The summed E-state index contributed by atoms with van der Waals surface area (Å²) < 4.78 is 41.5. The number of hydrogen-bond donors (Lipinski definition) is 2. The van der Waals surface area contributed by atoms with E-state index in [1.165, 1.54) is 51.5 Å². The van der Waals surface area contributed by atoms with Crippen molar-refractivity contribution in [1.82, 2.24) is 14.1 Å². The molecule has 1 aliphatic heterocycles. The first-order valence-electron chi connectivity index (χ1n) is 9.84. The number of amides is 1. The average Bonchev–Trinajstić information content (AvgIpc) is 3.39. The lowest BCUT2D eigenvalue weighted by Gasteiger charge is -2.16. The molecule has 1 amide bonds. The molecule has 0 unspecified atom stereocenters. The SMILES string of the molecule is Cc1nn(-c2ccc(F)cc2)c(Cl)c1C(=O)Nc1cc(S(=O)(=O)N2CCCC2)ccc1O. The summed E-state index contributed by atoms with van der Waals surface area (Å²) in [6.45, 7) is 2.44. The third kappa shape index (κ3) is 4.08. The van der Waals surface area contributed by atoms with Crippen LogP contribution in [0.25, 0.3) is 5.69 Å². The predicted molar refractivity (Wildman–Crippen MR) is 117 cm³/mol. The molecule has 2 heterocycles. The van der Waals surface area contributed by atoms with Crippen molar-refractivity contribution in [3.05, 3.63) is 64.7 Å². The van der Waals surface area contributed by atoms with Crippen LogP contribution in [-0.4, -0.2) is 46.6 Å². The van der Waals surface area contributed by atoms with Gasteiger partial charge in [-0.1, -0.05) is 11.6 Å². The molecule has 32 heavy (non-hydrogen) atoms. The molecule has 0 spiro atoms. The highest BCUT2D eigenvalue weighted by Gasteiger charge is 2.28. The van der Waals surface area contributed by atoms with Crippen LogP contribution in [0.1, 0.15) is 28.9 Å². The van der Waals surface area contributed by atoms with E-state index in [2.05, 4.69) is 10.4 Å². The van der Waals surface area contributed by atoms with Crippen LogP contribution in [0.2, 0.25) is 5.15 Å². The topological polar surface area (TPSA) is 105 Å². The van der Waals surface area contributed by atoms with Gasteiger partial charge in [-0.2, -0.15) is 9.40 Å². The quantitative estimate of drug-likeness (QED) is 0.544. The Hall–Kier alpha value is -2.95. The molecule has 0 bridgehead atoms. The van der Waals surface area contributed by atoms with Crippen LogP contribution in [-0.2, 0) is 10.0 Å². The zero-order valence-electron chi connectivity index (χ0n) is 17.0. The number of aromatic hydroxyl groups is 1. The number of phenolic OH excluding ortho intramolecular Hbond substituents is 1. The Bertz CT molecular complexity index is 1290. The molecule has 1 saturated heterocycles. The molecule has 11 heteroatoms. The van der Waals surface area contributed by atoms with E-state index >= 15 is 0 Å². The van der Waals surface area contributed by atoms with Crippen molar-refractivity contribution in [2.45, 2.75) is 24.7 Å². The molecule has 168 valence electrons. The first kappa shape index (κ1) is 22.3. The fraction of sp³-hybridized carbons (Fsp3) is 0.238. The average molecular weight is 479 g/mol. The maximum Gasteiger partial charge on any atom is 0.260 e. The van der Waals surface area contributed by atoms with E-state index in [-0.39, 0.29) is 27.0 Å². The fourth-order valence-corrected chi connectivity index (χ4v) is 5.45. The van der Waals surface area contributed by atoms with Gasteiger partial charge in [0.25, 0.3) is 5.91 Å². The van der Waals surface area contributed by atoms with Gasteiger partial charge in [-0.25, -0.2) is 17.5 Å². The molecular formula is C21H20ClFN4O4S. The summed E-state index contributed by atoms with van der Waals surface area (Å²) in [5, 5.41) is 16.9. The molecule has 3 aromatic rings. The number of nitrogens with zero attached hydrogens (tertiary/aromatic N) is 3. The summed E-state index contributed by atoms with van der Waals surface area (Å²) in [6, 6.07) is 9.15. The first-order valence-corrected chi connectivity index (χ1v) is 11.7. The van der Waals surface area contributed by atoms with E-state index in [4.69, 9.17) is 11.6 Å². The van der Waals surface area contributed by atoms with Gasteiger partial charge in [0.15, 0.2) is 0 Å². The summed E-state index contributed by atoms with van der Waals surface area (Å²) in [6.07, 6.45) is 1.58. The summed E-state index contributed by atoms with van der Waals surface area (Å²) in [5.74, 6) is -1.39. The molecule has 2 aromatic carbocycles. The fourth-order valence-electron chi connectivity index (χ4n) is 3.55. The smallest absolute Gasteiger partial charge is 0.260 e. The standard InChI is InChI=1S/C21H20ClFN4O4S/c1-13-19(20(22)27(25-13)15-6-4-14(23)5-7-15)21(29)24-17-12-16(8-9-18(17)28)32(30,31)26-10-2-3-11-26/h4-9,12,28H,2-3,10-11H2,1H3,(H,24,29). The van der Waals surface area contributed by atoms with E-state index in [1.807, 2.05) is 0 Å². The van der Waals surface area contributed by atoms with Crippen LogP contribution in [0.3, 0.4) is 0 Å². The minimum Gasteiger partial charge on any atom is -0.506 e. The molecule has 0 saturated carbocycles. The molecule has 1 aliphatic rings. The third-order valence-electron chi connectivity index (χ3n) is 5.22. The Balaban J connectivity index is 1.64. The summed E-state index contributed by atoms with van der Waals surface area (Å²) in [5.41, 5.74) is 0.737. The van der Waals surface area contributed by atoms with Gasteiger partial charge in [0.1, 0.15) is 22.3 Å². The minimum absolute atomic E-state index is 0.00746. The lowest BCUT2D eigenvalue weighted by Crippen LogP contribution is -2.28. The van der Waals surface area contributed by atoms with Gasteiger partial charge < -0.3 is 10.4 Å². The van der Waals surface area contributed by atoms with Gasteiger partial charge in [-0.05, 0) is 62.2 Å². The molecule has 0 atom stereocenters. The van der Waals surface area contributed by atoms with Gasteiger partial charge in [0.2, 0.25) is 10.0 Å². The van der Waals surface area contributed by atoms with Crippen LogP contribution >= 0.6 is 11.6 Å². The van der Waals surface area contributed by atoms with Crippen molar-refractivity contribution < 1.29 is 22.7 Å². The van der Waals surface area contributed by atoms with Crippen molar-refractivity contribution >= 4 is 33.2 Å². The highest BCUT2D eigenvalue weighted by molar-refractivity contribution is 7.89. The van der Waals surface area contributed by atoms with E-state index < -0.39 is 21.7 Å². The second kappa shape index (κ2) is 8.53. The van der Waals surface area contributed by atoms with E-state index in [0.717, 1.165) is 12.8 Å². The van der Waals surface area contributed by atoms with Gasteiger partial charge in [0.05, 0.1) is 22.0 Å². The van der Waals surface area contributed by atoms with Crippen molar-refractivity contribution in [3.8, 4) is 11.4 Å². The van der Waals surface area contributed by atoms with Crippen molar-refractivity contribution in [2.24, 2.45) is 0 Å². The highest BCUT2D eigenvalue weighted by Crippen LogP contribution is 2.31. The number of aromatic nitrogens is 2. The Labute approximate surface area is 189 Å². The van der Waals surface area contributed by atoms with Crippen molar-refractivity contribution in [2.75, 3.05) is 18.4 Å². The number of anilines is 1. The number of halogens is 2. The van der Waals surface area contributed by atoms with Gasteiger partial charge in [-0.15, -0.1) is 0 Å². The maximum atomic E-state index is 13.2. The number of nitrogens with one attached hydrogen (secondary N) is 1. The van der Waals surface area contributed by atoms with E-state index in [0.29, 0.717) is 24.5 Å². The third-order valence-corrected chi connectivity index (χ3v) is 7.47. The Morgan fingerprint density at radius 2 is 1.81 bits per heavy atom. The minimum atomic E-state index is -3.73. The number of sulfonamides is 1. The number of carbonyl (C=O) groups excluding carboxylic acids is 1. The Morgan fingerprint density at radius 1 is 1.16 bits per heavy atom. The Kier molecular flexibility index (Phi) is 5.93. The predicted octanol–water partition coefficient (Wildman–Crippen LogP) is 3.72. The van der Waals surface area contributed by atoms with Crippen molar-refractivity contribution in [3.63, 3.8) is 0 Å². The number of carbonyl (C=O) groups is 1. The lowest BCUT2D eigenvalue weighted by atomic mass is 10.2. The van der Waals surface area contributed by atoms with E-state index in [1.54, 1.807) is 6.92 Å². The van der Waals surface area contributed by atoms with Gasteiger partial charge in [-0.3, -0.25) is 4.79 Å². The number of hydrogen-bond acceptors (Lipinski definition) is 5. The van der Waals surface area contributed by atoms with Gasteiger partial charge >= 0.3 is 0 Å². The summed E-state index contributed by atoms with van der Waals surface area (Å²) >= 11 is 6.38. The first-order chi connectivity index (χ1) is 15.2.